The van der Waals surface area contributed by atoms with Crippen LogP contribution in [-0.4, -0.2) is 82.6 Å². The van der Waals surface area contributed by atoms with Crippen molar-refractivity contribution in [2.24, 2.45) is 11.5 Å². The average Bonchev–Trinajstić information content (AvgIpc) is 2.66. The number of aliphatic hydroxyl groups is 1. The molecule has 12 nitrogen and oxygen atoms in total. The normalized spacial score (nSPS) is 14.8. The predicted octanol–water partition coefficient (Wildman–Crippen LogP) is -3.12. The van der Waals surface area contributed by atoms with Gasteiger partial charge in [0.05, 0.1) is 12.6 Å². The third kappa shape index (κ3) is 10.7. The first kappa shape index (κ1) is 26.6. The summed E-state index contributed by atoms with van der Waals surface area (Å²) in [5.41, 5.74) is 10.6. The van der Waals surface area contributed by atoms with E-state index in [1.807, 2.05) is 0 Å². The first-order valence-electron chi connectivity index (χ1n) is 8.81. The summed E-state index contributed by atoms with van der Waals surface area (Å²) >= 11 is 1.43. The number of aliphatic hydroxyl groups excluding tert-OH is 1. The van der Waals surface area contributed by atoms with E-state index >= 15 is 0 Å². The van der Waals surface area contributed by atoms with Crippen LogP contribution < -0.4 is 27.4 Å². The number of carboxylic acid groups (broad SMARTS) is 1. The van der Waals surface area contributed by atoms with Crippen molar-refractivity contribution in [1.29, 1.82) is 0 Å². The van der Waals surface area contributed by atoms with Gasteiger partial charge in [-0.1, -0.05) is 0 Å². The van der Waals surface area contributed by atoms with Crippen molar-refractivity contribution in [3.63, 3.8) is 0 Å². The molecule has 0 aromatic heterocycles. The van der Waals surface area contributed by atoms with Crippen LogP contribution in [0.5, 0.6) is 0 Å². The Labute approximate surface area is 172 Å². The largest absolute Gasteiger partial charge is 0.480 e. The Balaban J connectivity index is 4.74. The summed E-state index contributed by atoms with van der Waals surface area (Å²) in [5.74, 6) is -3.68. The molecule has 0 fully saturated rings. The van der Waals surface area contributed by atoms with Crippen LogP contribution in [0.15, 0.2) is 0 Å². The molecule has 29 heavy (non-hydrogen) atoms. The summed E-state index contributed by atoms with van der Waals surface area (Å²) in [6, 6.07) is -4.72. The van der Waals surface area contributed by atoms with Gasteiger partial charge < -0.3 is 37.6 Å². The molecule has 0 aromatic carbocycles. The number of nitrogens with two attached hydrogens (primary N) is 2. The Morgan fingerprint density at radius 3 is 2.03 bits per heavy atom. The van der Waals surface area contributed by atoms with Crippen molar-refractivity contribution >= 4 is 41.4 Å². The minimum atomic E-state index is -1.39. The second-order valence-corrected chi connectivity index (χ2v) is 7.25. The number of amides is 4. The highest BCUT2D eigenvalue weighted by atomic mass is 32.2. The molecule has 0 aliphatic rings. The van der Waals surface area contributed by atoms with Gasteiger partial charge in [0.1, 0.15) is 18.1 Å². The van der Waals surface area contributed by atoms with Gasteiger partial charge in [0.25, 0.3) is 0 Å². The van der Waals surface area contributed by atoms with Crippen molar-refractivity contribution in [2.45, 2.75) is 50.4 Å². The monoisotopic (exact) mass is 435 g/mol. The van der Waals surface area contributed by atoms with E-state index < -0.39 is 60.4 Å². The highest BCUT2D eigenvalue weighted by molar-refractivity contribution is 7.98. The highest BCUT2D eigenvalue weighted by Gasteiger charge is 2.27. The third-order valence-corrected chi connectivity index (χ3v) is 4.48. The fourth-order valence-corrected chi connectivity index (χ4v) is 2.54. The van der Waals surface area contributed by atoms with E-state index in [-0.39, 0.29) is 19.3 Å². The molecule has 0 saturated carbocycles. The molecule has 0 saturated heterocycles. The molecule has 0 rings (SSSR count). The van der Waals surface area contributed by atoms with Gasteiger partial charge in [-0.15, -0.1) is 0 Å². The highest BCUT2D eigenvalue weighted by Crippen LogP contribution is 2.02. The summed E-state index contributed by atoms with van der Waals surface area (Å²) < 4.78 is 0. The van der Waals surface area contributed by atoms with Gasteiger partial charge in [-0.3, -0.25) is 19.2 Å². The zero-order chi connectivity index (χ0) is 22.6. The maximum absolute atomic E-state index is 12.2. The van der Waals surface area contributed by atoms with Crippen LogP contribution in [0.2, 0.25) is 0 Å². The van der Waals surface area contributed by atoms with Gasteiger partial charge >= 0.3 is 5.97 Å². The van der Waals surface area contributed by atoms with Gasteiger partial charge in [-0.25, -0.2) is 4.79 Å². The predicted molar refractivity (Wildman–Crippen MR) is 106 cm³/mol. The topological polar surface area (TPSA) is 214 Å². The van der Waals surface area contributed by atoms with Crippen LogP contribution in [0.3, 0.4) is 0 Å². The Morgan fingerprint density at radius 1 is 0.966 bits per heavy atom. The molecule has 0 aliphatic carbocycles. The van der Waals surface area contributed by atoms with Gasteiger partial charge in [0.15, 0.2) is 0 Å². The maximum Gasteiger partial charge on any atom is 0.326 e. The SMILES string of the molecule is CSCCC(NC(=O)C(C)NC(=O)C(CO)NC(=O)C(N)CCC(N)=O)C(=O)O. The number of aliphatic carboxylic acids is 1. The summed E-state index contributed by atoms with van der Waals surface area (Å²) in [6.45, 7) is 0.565. The maximum atomic E-state index is 12.2. The lowest BCUT2D eigenvalue weighted by molar-refractivity contribution is -0.142. The average molecular weight is 436 g/mol. The quantitative estimate of drug-likeness (QED) is 0.147. The van der Waals surface area contributed by atoms with E-state index in [0.717, 1.165) is 0 Å². The molecule has 166 valence electrons. The molecular weight excluding hydrogens is 406 g/mol. The number of hydrogen-bond acceptors (Lipinski definition) is 8. The lowest BCUT2D eigenvalue weighted by Crippen LogP contribution is -2.57. The standard InChI is InChI=1S/C16H29N5O7S/c1-8(13(24)20-10(16(27)28)5-6-29-2)19-15(26)11(7-22)21-14(25)9(17)3-4-12(18)23/h8-11,22H,3-7,17H2,1-2H3,(H2,18,23)(H,19,26)(H,20,24)(H,21,25)(H,27,28). The van der Waals surface area contributed by atoms with E-state index in [2.05, 4.69) is 16.0 Å². The minimum Gasteiger partial charge on any atom is -0.480 e. The van der Waals surface area contributed by atoms with Gasteiger partial charge in [0.2, 0.25) is 23.6 Å². The zero-order valence-corrected chi connectivity index (χ0v) is 17.2. The van der Waals surface area contributed by atoms with E-state index in [4.69, 9.17) is 16.6 Å². The van der Waals surface area contributed by atoms with E-state index in [9.17, 15) is 29.1 Å². The number of primary amides is 1. The van der Waals surface area contributed by atoms with Crippen molar-refractivity contribution in [2.75, 3.05) is 18.6 Å². The molecule has 0 aliphatic heterocycles. The van der Waals surface area contributed by atoms with Crippen molar-refractivity contribution in [3.8, 4) is 0 Å². The summed E-state index contributed by atoms with van der Waals surface area (Å²) in [7, 11) is 0. The number of thioether (sulfide) groups is 1. The van der Waals surface area contributed by atoms with Crippen molar-refractivity contribution in [1.82, 2.24) is 16.0 Å². The van der Waals surface area contributed by atoms with Crippen LogP contribution in [0.25, 0.3) is 0 Å². The van der Waals surface area contributed by atoms with E-state index in [1.165, 1.54) is 18.7 Å². The van der Waals surface area contributed by atoms with Crippen LogP contribution in [0.4, 0.5) is 0 Å². The van der Waals surface area contributed by atoms with Crippen LogP contribution in [0, 0.1) is 0 Å². The Hall–Kier alpha value is -2.38. The molecule has 0 heterocycles. The molecule has 0 radical (unpaired) electrons. The smallest absolute Gasteiger partial charge is 0.326 e. The molecule has 0 bridgehead atoms. The first-order chi connectivity index (χ1) is 13.5. The molecule has 13 heteroatoms. The van der Waals surface area contributed by atoms with Crippen molar-refractivity contribution < 1.29 is 34.2 Å². The molecule has 4 atom stereocenters. The summed E-state index contributed by atoms with van der Waals surface area (Å²) in [5, 5.41) is 25.3. The molecule has 4 unspecified atom stereocenters. The zero-order valence-electron chi connectivity index (χ0n) is 16.3. The first-order valence-corrected chi connectivity index (χ1v) is 10.2. The number of carboxylic acids is 1. The Kier molecular flexibility index (Phi) is 12.6. The molecule has 0 spiro atoms. The van der Waals surface area contributed by atoms with E-state index in [0.29, 0.717) is 5.75 Å². The molecular formula is C16H29N5O7S. The molecule has 4 amide bonds. The number of rotatable bonds is 14. The van der Waals surface area contributed by atoms with E-state index in [1.54, 1.807) is 6.26 Å². The number of hydrogen-bond donors (Lipinski definition) is 7. The van der Waals surface area contributed by atoms with Gasteiger partial charge in [-0.2, -0.15) is 11.8 Å². The van der Waals surface area contributed by atoms with Gasteiger partial charge in [-0.05, 0) is 31.8 Å². The minimum absolute atomic E-state index is 0.0354. The number of nitrogens with one attached hydrogen (secondary N) is 3. The number of carbonyl (C=O) groups excluding carboxylic acids is 4. The third-order valence-electron chi connectivity index (χ3n) is 3.83. The lowest BCUT2D eigenvalue weighted by atomic mass is 10.1. The summed E-state index contributed by atoms with van der Waals surface area (Å²) in [4.78, 5) is 58.2. The summed E-state index contributed by atoms with van der Waals surface area (Å²) in [6.07, 6.45) is 1.85. The number of carbonyl (C=O) groups is 5. The molecule has 0 aromatic rings. The second-order valence-electron chi connectivity index (χ2n) is 6.27. The Morgan fingerprint density at radius 2 is 1.55 bits per heavy atom. The van der Waals surface area contributed by atoms with Crippen LogP contribution in [-0.2, 0) is 24.0 Å². The molecule has 9 N–H and O–H groups in total. The van der Waals surface area contributed by atoms with Crippen LogP contribution in [0.1, 0.15) is 26.2 Å². The van der Waals surface area contributed by atoms with Crippen molar-refractivity contribution in [3.05, 3.63) is 0 Å². The second kappa shape index (κ2) is 13.7. The van der Waals surface area contributed by atoms with Gasteiger partial charge in [0, 0.05) is 6.42 Å². The fraction of sp³-hybridized carbons (Fsp3) is 0.688. The fourth-order valence-electron chi connectivity index (χ4n) is 2.07. The Bertz CT molecular complexity index is 604. The lowest BCUT2D eigenvalue weighted by Gasteiger charge is -2.22. The van der Waals surface area contributed by atoms with Crippen LogP contribution >= 0.6 is 11.8 Å².